The number of hydrogen-bond donors (Lipinski definition) is 1. The van der Waals surface area contributed by atoms with Gasteiger partial charge in [-0.25, -0.2) is 8.78 Å². The summed E-state index contributed by atoms with van der Waals surface area (Å²) < 4.78 is 52.3. The topological polar surface area (TPSA) is 53.4 Å². The van der Waals surface area contributed by atoms with Gasteiger partial charge in [-0.05, 0) is 7.05 Å². The zero-order valence-corrected chi connectivity index (χ0v) is 13.6. The largest absolute Gasteiger partial charge is 0.338 e. The van der Waals surface area contributed by atoms with Gasteiger partial charge in [0.25, 0.3) is 0 Å². The number of carbonyl (C=O) groups is 1. The lowest BCUT2D eigenvalue weighted by Gasteiger charge is -2.37. The summed E-state index contributed by atoms with van der Waals surface area (Å²) in [6.07, 6.45) is -0.381. The Balaban J connectivity index is 1.92. The fourth-order valence-corrected chi connectivity index (χ4v) is 2.70. The van der Waals surface area contributed by atoms with Crippen LogP contribution in [0.25, 0.3) is 0 Å². The Kier molecular flexibility index (Phi) is 5.81. The molecule has 1 aromatic rings. The summed E-state index contributed by atoms with van der Waals surface area (Å²) in [5.74, 6) is -4.22. The lowest BCUT2D eigenvalue weighted by Crippen LogP contribution is -2.54. The van der Waals surface area contributed by atoms with Crippen LogP contribution in [0.2, 0.25) is 0 Å². The molecule has 1 aliphatic rings. The summed E-state index contributed by atoms with van der Waals surface area (Å²) in [5.41, 5.74) is 0.705. The van der Waals surface area contributed by atoms with E-state index in [4.69, 9.17) is 0 Å². The average Bonchev–Trinajstić information content (AvgIpc) is 2.94. The number of aryl methyl sites for hydroxylation is 1. The number of alkyl halides is 4. The Morgan fingerprint density at radius 1 is 1.33 bits per heavy atom. The van der Waals surface area contributed by atoms with E-state index in [0.29, 0.717) is 5.56 Å². The Hall–Kier alpha value is -1.68. The van der Waals surface area contributed by atoms with Gasteiger partial charge in [-0.2, -0.15) is 13.9 Å². The minimum absolute atomic E-state index is 0.136. The minimum atomic E-state index is -4.03. The smallest absolute Gasteiger partial charge is 0.319 e. The Morgan fingerprint density at radius 2 is 1.96 bits per heavy atom. The second-order valence-electron chi connectivity index (χ2n) is 5.83. The molecule has 24 heavy (non-hydrogen) atoms. The van der Waals surface area contributed by atoms with Crippen LogP contribution in [0.4, 0.5) is 17.6 Å². The van der Waals surface area contributed by atoms with Crippen molar-refractivity contribution in [3.05, 3.63) is 18.0 Å². The number of amides is 1. The molecule has 1 fully saturated rings. The highest BCUT2D eigenvalue weighted by Crippen LogP contribution is 2.25. The molecular formula is C14H21F4N5O. The number of rotatable bonds is 6. The van der Waals surface area contributed by atoms with E-state index in [1.165, 1.54) is 4.90 Å². The molecule has 1 amide bonds. The van der Waals surface area contributed by atoms with E-state index in [2.05, 4.69) is 10.4 Å². The molecule has 0 bridgehead atoms. The first kappa shape index (κ1) is 18.7. The van der Waals surface area contributed by atoms with Crippen molar-refractivity contribution in [1.29, 1.82) is 0 Å². The number of nitrogens with one attached hydrogen (secondary N) is 1. The van der Waals surface area contributed by atoms with Crippen molar-refractivity contribution < 1.29 is 22.4 Å². The number of carbonyl (C=O) groups excluding carboxylic acids is 1. The van der Waals surface area contributed by atoms with E-state index < -0.39 is 24.9 Å². The monoisotopic (exact) mass is 351 g/mol. The zero-order chi connectivity index (χ0) is 17.9. The number of halogens is 4. The second-order valence-corrected chi connectivity index (χ2v) is 5.83. The van der Waals surface area contributed by atoms with Gasteiger partial charge in [0.1, 0.15) is 6.04 Å². The maximum absolute atomic E-state index is 13.1. The van der Waals surface area contributed by atoms with Crippen molar-refractivity contribution >= 4 is 5.91 Å². The van der Waals surface area contributed by atoms with E-state index in [1.807, 2.05) is 0 Å². The molecule has 1 saturated heterocycles. The van der Waals surface area contributed by atoms with Crippen molar-refractivity contribution in [2.45, 2.75) is 18.4 Å². The molecule has 10 heteroatoms. The summed E-state index contributed by atoms with van der Waals surface area (Å²) in [5, 5.41) is 6.94. The van der Waals surface area contributed by atoms with E-state index in [0.717, 1.165) is 0 Å². The Labute approximate surface area is 137 Å². The maximum atomic E-state index is 13.1. The quantitative estimate of drug-likeness (QED) is 0.768. The lowest BCUT2D eigenvalue weighted by atomic mass is 10.1. The molecule has 1 atom stereocenters. The molecule has 0 saturated carbocycles. The van der Waals surface area contributed by atoms with Crippen molar-refractivity contribution in [3.63, 3.8) is 0 Å². The van der Waals surface area contributed by atoms with Crippen LogP contribution in [0.5, 0.6) is 0 Å². The van der Waals surface area contributed by atoms with Crippen LogP contribution < -0.4 is 5.32 Å². The molecule has 0 aromatic carbocycles. The summed E-state index contributed by atoms with van der Waals surface area (Å²) in [6, 6.07) is -0.576. The predicted octanol–water partition coefficient (Wildman–Crippen LogP) is 0.725. The first-order valence-electron chi connectivity index (χ1n) is 7.57. The third-order valence-electron chi connectivity index (χ3n) is 4.03. The van der Waals surface area contributed by atoms with Gasteiger partial charge in [0.05, 0.1) is 12.7 Å². The Bertz CT molecular complexity index is 557. The highest BCUT2D eigenvalue weighted by molar-refractivity contribution is 5.83. The van der Waals surface area contributed by atoms with Gasteiger partial charge in [-0.3, -0.25) is 14.4 Å². The highest BCUT2D eigenvalue weighted by Gasteiger charge is 2.43. The number of hydrogen-bond acceptors (Lipinski definition) is 4. The third kappa shape index (κ3) is 4.23. The lowest BCUT2D eigenvalue weighted by molar-refractivity contribution is -0.149. The van der Waals surface area contributed by atoms with Crippen LogP contribution in [0.3, 0.4) is 0 Å². The Morgan fingerprint density at radius 3 is 2.42 bits per heavy atom. The normalized spacial score (nSPS) is 18.2. The minimum Gasteiger partial charge on any atom is -0.338 e. The summed E-state index contributed by atoms with van der Waals surface area (Å²) in [7, 11) is 3.39. The van der Waals surface area contributed by atoms with Crippen molar-refractivity contribution in [2.75, 3.05) is 39.8 Å². The molecular weight excluding hydrogens is 330 g/mol. The fraction of sp³-hybridized carbons (Fsp3) is 0.714. The SMILES string of the molecule is CNC(C(=O)N1CCN(CC(F)(F)C(F)F)CC1)c1cnn(C)c1. The van der Waals surface area contributed by atoms with Crippen molar-refractivity contribution in [1.82, 2.24) is 24.9 Å². The number of piperazine rings is 1. The number of likely N-dealkylation sites (N-methyl/N-ethyl adjacent to an activating group) is 1. The fourth-order valence-electron chi connectivity index (χ4n) is 2.70. The molecule has 6 nitrogen and oxygen atoms in total. The third-order valence-corrected chi connectivity index (χ3v) is 4.03. The number of aromatic nitrogens is 2. The van der Waals surface area contributed by atoms with Gasteiger partial charge in [0, 0.05) is 45.0 Å². The molecule has 0 radical (unpaired) electrons. The molecule has 2 heterocycles. The van der Waals surface area contributed by atoms with E-state index in [9.17, 15) is 22.4 Å². The standard InChI is InChI=1S/C14H21F4N5O/c1-19-11(10-7-20-21(2)8-10)12(24)23-5-3-22(4-6-23)9-14(17,18)13(15)16/h7-8,11,13,19H,3-6,9H2,1-2H3. The molecule has 2 rings (SSSR count). The van der Waals surface area contributed by atoms with Gasteiger partial charge in [0.2, 0.25) is 5.91 Å². The summed E-state index contributed by atoms with van der Waals surface area (Å²) >= 11 is 0. The molecule has 1 N–H and O–H groups in total. The molecule has 136 valence electrons. The average molecular weight is 351 g/mol. The van der Waals surface area contributed by atoms with E-state index in [-0.39, 0.29) is 32.1 Å². The van der Waals surface area contributed by atoms with Crippen molar-refractivity contribution in [3.8, 4) is 0 Å². The van der Waals surface area contributed by atoms with Crippen LogP contribution in [0.1, 0.15) is 11.6 Å². The summed E-state index contributed by atoms with van der Waals surface area (Å²) in [6.45, 7) is -0.285. The van der Waals surface area contributed by atoms with Gasteiger partial charge in [-0.15, -0.1) is 0 Å². The summed E-state index contributed by atoms with van der Waals surface area (Å²) in [4.78, 5) is 15.4. The van der Waals surface area contributed by atoms with Crippen LogP contribution in [0.15, 0.2) is 12.4 Å². The van der Waals surface area contributed by atoms with Crippen LogP contribution in [-0.2, 0) is 11.8 Å². The first-order valence-corrected chi connectivity index (χ1v) is 7.57. The molecule has 1 unspecified atom stereocenters. The van der Waals surface area contributed by atoms with Gasteiger partial charge < -0.3 is 10.2 Å². The molecule has 1 aromatic heterocycles. The van der Waals surface area contributed by atoms with Crippen LogP contribution >= 0.6 is 0 Å². The predicted molar refractivity (Wildman–Crippen MR) is 79.0 cm³/mol. The number of nitrogens with zero attached hydrogens (tertiary/aromatic N) is 4. The van der Waals surface area contributed by atoms with Gasteiger partial charge in [-0.1, -0.05) is 0 Å². The van der Waals surface area contributed by atoms with Crippen LogP contribution in [-0.4, -0.2) is 77.6 Å². The highest BCUT2D eigenvalue weighted by atomic mass is 19.3. The second kappa shape index (κ2) is 7.47. The van der Waals surface area contributed by atoms with Gasteiger partial charge in [0.15, 0.2) is 0 Å². The van der Waals surface area contributed by atoms with E-state index >= 15 is 0 Å². The first-order chi connectivity index (χ1) is 11.2. The van der Waals surface area contributed by atoms with Crippen molar-refractivity contribution in [2.24, 2.45) is 7.05 Å². The molecule has 0 aliphatic carbocycles. The van der Waals surface area contributed by atoms with Gasteiger partial charge >= 0.3 is 12.3 Å². The molecule has 1 aliphatic heterocycles. The van der Waals surface area contributed by atoms with Crippen LogP contribution in [0, 0.1) is 0 Å². The molecule has 0 spiro atoms. The maximum Gasteiger partial charge on any atom is 0.319 e. The zero-order valence-electron chi connectivity index (χ0n) is 13.6. The van der Waals surface area contributed by atoms with E-state index in [1.54, 1.807) is 36.1 Å².